The molecule has 0 spiro atoms. The summed E-state index contributed by atoms with van der Waals surface area (Å²) in [5, 5.41) is 10.3. The molecule has 1 aliphatic rings. The molecule has 0 saturated heterocycles. The Labute approximate surface area is 159 Å². The highest BCUT2D eigenvalue weighted by Crippen LogP contribution is 2.35. The van der Waals surface area contributed by atoms with Crippen molar-refractivity contribution in [2.75, 3.05) is 5.32 Å². The van der Waals surface area contributed by atoms with Crippen LogP contribution in [0.5, 0.6) is 0 Å². The normalized spacial score (nSPS) is 16.0. The van der Waals surface area contributed by atoms with Crippen molar-refractivity contribution < 1.29 is 0 Å². The third-order valence-electron chi connectivity index (χ3n) is 4.70. The average molecular weight is 403 g/mol. The molecule has 5 rings (SSSR count). The van der Waals surface area contributed by atoms with Crippen LogP contribution in [0.15, 0.2) is 83.6 Å². The molecule has 0 bridgehead atoms. The van der Waals surface area contributed by atoms with Crippen LogP contribution in [-0.4, -0.2) is 14.8 Å². The fourth-order valence-electron chi connectivity index (χ4n) is 3.46. The Morgan fingerprint density at radius 3 is 2.62 bits per heavy atom. The molecule has 0 radical (unpaired) electrons. The molecule has 4 aromatic rings. The van der Waals surface area contributed by atoms with Gasteiger partial charge in [0.25, 0.3) is 0 Å². The highest BCUT2D eigenvalue weighted by molar-refractivity contribution is 9.10. The van der Waals surface area contributed by atoms with Crippen molar-refractivity contribution in [1.29, 1.82) is 0 Å². The van der Waals surface area contributed by atoms with Gasteiger partial charge >= 0.3 is 0 Å². The quantitative estimate of drug-likeness (QED) is 0.497. The lowest BCUT2D eigenvalue weighted by molar-refractivity contribution is 0.615. The van der Waals surface area contributed by atoms with Crippen LogP contribution in [0, 0.1) is 0 Å². The first-order valence-electron chi connectivity index (χ1n) is 8.41. The molecule has 0 saturated carbocycles. The van der Waals surface area contributed by atoms with Crippen LogP contribution in [0.2, 0.25) is 0 Å². The lowest BCUT2D eigenvalue weighted by Crippen LogP contribution is -2.20. The molecule has 0 amide bonds. The topological polar surface area (TPSA) is 42.7 Å². The highest BCUT2D eigenvalue weighted by atomic mass is 79.9. The first-order valence-corrected chi connectivity index (χ1v) is 9.21. The van der Waals surface area contributed by atoms with Crippen LogP contribution >= 0.6 is 15.9 Å². The third-order valence-corrected chi connectivity index (χ3v) is 5.23. The zero-order chi connectivity index (χ0) is 17.5. The highest BCUT2D eigenvalue weighted by Gasteiger charge is 2.24. The summed E-state index contributed by atoms with van der Waals surface area (Å²) in [5.41, 5.74) is 3.37. The molecule has 5 heteroatoms. The molecule has 3 aromatic carbocycles. The first-order chi connectivity index (χ1) is 12.8. The molecule has 126 valence electrons. The summed E-state index contributed by atoms with van der Waals surface area (Å²) in [6.45, 7) is 0. The van der Waals surface area contributed by atoms with E-state index in [4.69, 9.17) is 0 Å². The van der Waals surface area contributed by atoms with Crippen molar-refractivity contribution in [3.63, 3.8) is 0 Å². The molecule has 0 aliphatic carbocycles. The Kier molecular flexibility index (Phi) is 3.60. The summed E-state index contributed by atoms with van der Waals surface area (Å²) in [4.78, 5) is 4.40. The summed E-state index contributed by atoms with van der Waals surface area (Å²) < 4.78 is 3.00. The lowest BCUT2D eigenvalue weighted by Gasteiger charge is -2.25. The molecule has 4 nitrogen and oxygen atoms in total. The van der Waals surface area contributed by atoms with E-state index >= 15 is 0 Å². The van der Waals surface area contributed by atoms with Crippen molar-refractivity contribution in [1.82, 2.24) is 14.8 Å². The van der Waals surface area contributed by atoms with Crippen molar-refractivity contribution in [2.24, 2.45) is 0 Å². The maximum absolute atomic E-state index is 4.45. The molecule has 26 heavy (non-hydrogen) atoms. The maximum atomic E-state index is 4.45. The van der Waals surface area contributed by atoms with Crippen LogP contribution in [0.1, 0.15) is 17.2 Å². The smallest absolute Gasteiger partial charge is 0.226 e. The van der Waals surface area contributed by atoms with Crippen molar-refractivity contribution >= 4 is 38.3 Å². The second-order valence-corrected chi connectivity index (χ2v) is 7.17. The SMILES string of the molecule is Brc1ccc(C2=C[C@@H](c3cccc4ccccc34)n3ncnc3N2)cc1. The van der Waals surface area contributed by atoms with E-state index in [2.05, 4.69) is 92.0 Å². The largest absolute Gasteiger partial charge is 0.324 e. The fraction of sp³-hybridized carbons (Fsp3) is 0.0476. The molecule has 0 unspecified atom stereocenters. The first kappa shape index (κ1) is 15.3. The molecule has 1 N–H and O–H groups in total. The van der Waals surface area contributed by atoms with Gasteiger partial charge in [-0.3, -0.25) is 0 Å². The Balaban J connectivity index is 1.70. The van der Waals surface area contributed by atoms with Crippen LogP contribution in [0.4, 0.5) is 5.95 Å². The summed E-state index contributed by atoms with van der Waals surface area (Å²) >= 11 is 3.50. The van der Waals surface area contributed by atoms with Crippen LogP contribution < -0.4 is 5.32 Å². The van der Waals surface area contributed by atoms with Gasteiger partial charge in [-0.15, -0.1) is 0 Å². The van der Waals surface area contributed by atoms with Crippen molar-refractivity contribution in [3.05, 3.63) is 94.7 Å². The summed E-state index contributed by atoms with van der Waals surface area (Å²) in [6, 6.07) is 23.1. The van der Waals surface area contributed by atoms with Crippen molar-refractivity contribution in [3.8, 4) is 0 Å². The van der Waals surface area contributed by atoms with E-state index < -0.39 is 0 Å². The molecule has 1 aromatic heterocycles. The van der Waals surface area contributed by atoms with Crippen molar-refractivity contribution in [2.45, 2.75) is 6.04 Å². The number of nitrogens with one attached hydrogen (secondary N) is 1. The minimum absolute atomic E-state index is 0.0153. The molecule has 1 atom stereocenters. The van der Waals surface area contributed by atoms with E-state index in [9.17, 15) is 0 Å². The van der Waals surface area contributed by atoms with Gasteiger partial charge in [-0.1, -0.05) is 70.5 Å². The zero-order valence-electron chi connectivity index (χ0n) is 13.8. The number of rotatable bonds is 2. The van der Waals surface area contributed by atoms with Gasteiger partial charge in [0.15, 0.2) is 0 Å². The van der Waals surface area contributed by atoms with Gasteiger partial charge in [0.2, 0.25) is 5.95 Å². The molecular weight excluding hydrogens is 388 g/mol. The van der Waals surface area contributed by atoms with E-state index in [1.54, 1.807) is 6.33 Å². The number of aromatic nitrogens is 3. The predicted octanol–water partition coefficient (Wildman–Crippen LogP) is 5.25. The summed E-state index contributed by atoms with van der Waals surface area (Å²) in [7, 11) is 0. The minimum Gasteiger partial charge on any atom is -0.324 e. The standard InChI is InChI=1S/C21H15BrN4/c22-16-10-8-15(9-11-16)19-12-20(26-21(25-19)23-13-24-26)18-7-3-5-14-4-1-2-6-17(14)18/h1-13,20H,(H,23,24,25)/t20-/m0/s1. The van der Waals surface area contributed by atoms with E-state index in [1.165, 1.54) is 16.3 Å². The monoisotopic (exact) mass is 402 g/mol. The van der Waals surface area contributed by atoms with E-state index in [-0.39, 0.29) is 6.04 Å². The number of fused-ring (bicyclic) bond motifs is 2. The summed E-state index contributed by atoms with van der Waals surface area (Å²) in [5.74, 6) is 0.753. The molecule has 0 fully saturated rings. The molecular formula is C21H15BrN4. The minimum atomic E-state index is -0.0153. The van der Waals surface area contributed by atoms with Gasteiger partial charge in [0.1, 0.15) is 12.4 Å². The zero-order valence-corrected chi connectivity index (χ0v) is 15.4. The number of halogens is 1. The number of hydrogen-bond acceptors (Lipinski definition) is 3. The number of anilines is 1. The summed E-state index contributed by atoms with van der Waals surface area (Å²) in [6.07, 6.45) is 3.81. The fourth-order valence-corrected chi connectivity index (χ4v) is 3.73. The third kappa shape index (κ3) is 2.52. The Morgan fingerprint density at radius 2 is 1.73 bits per heavy atom. The molecule has 1 aliphatic heterocycles. The Hall–Kier alpha value is -2.92. The molecule has 2 heterocycles. The number of allylic oxidation sites excluding steroid dienone is 1. The van der Waals surface area contributed by atoms with Gasteiger partial charge in [-0.25, -0.2) is 4.68 Å². The average Bonchev–Trinajstić information content (AvgIpc) is 3.16. The van der Waals surface area contributed by atoms with Gasteiger partial charge in [-0.05, 0) is 40.1 Å². The van der Waals surface area contributed by atoms with Crippen LogP contribution in [0.3, 0.4) is 0 Å². The second kappa shape index (κ2) is 6.11. The number of hydrogen-bond donors (Lipinski definition) is 1. The van der Waals surface area contributed by atoms with E-state index in [1.807, 2.05) is 16.8 Å². The Morgan fingerprint density at radius 1 is 0.923 bits per heavy atom. The lowest BCUT2D eigenvalue weighted by atomic mass is 9.96. The van der Waals surface area contributed by atoms with Gasteiger partial charge in [0, 0.05) is 10.2 Å². The number of nitrogens with zero attached hydrogens (tertiary/aromatic N) is 3. The maximum Gasteiger partial charge on any atom is 0.226 e. The second-order valence-electron chi connectivity index (χ2n) is 6.25. The predicted molar refractivity (Wildman–Crippen MR) is 108 cm³/mol. The van der Waals surface area contributed by atoms with Gasteiger partial charge < -0.3 is 5.32 Å². The Bertz CT molecular complexity index is 1120. The van der Waals surface area contributed by atoms with E-state index in [0.29, 0.717) is 0 Å². The van der Waals surface area contributed by atoms with E-state index in [0.717, 1.165) is 21.7 Å². The van der Waals surface area contributed by atoms with Gasteiger partial charge in [0.05, 0.1) is 0 Å². The number of benzene rings is 3. The van der Waals surface area contributed by atoms with Crippen LogP contribution in [0.25, 0.3) is 16.5 Å². The van der Waals surface area contributed by atoms with Crippen LogP contribution in [-0.2, 0) is 0 Å². The van der Waals surface area contributed by atoms with Gasteiger partial charge in [-0.2, -0.15) is 10.1 Å².